The summed E-state index contributed by atoms with van der Waals surface area (Å²) >= 11 is 5.83. The second-order valence-corrected chi connectivity index (χ2v) is 9.90. The molecule has 3 rings (SSSR count). The Hall–Kier alpha value is -2.39. The first-order chi connectivity index (χ1) is 14.7. The summed E-state index contributed by atoms with van der Waals surface area (Å²) in [6, 6.07) is 11.9. The molecule has 2 aromatic carbocycles. The van der Waals surface area contributed by atoms with Crippen molar-refractivity contribution in [2.75, 3.05) is 6.61 Å². The van der Waals surface area contributed by atoms with E-state index in [9.17, 15) is 18.3 Å². The van der Waals surface area contributed by atoms with Crippen molar-refractivity contribution in [3.05, 3.63) is 65.3 Å². The number of hydrogen-bond donors (Lipinski definition) is 4. The van der Waals surface area contributed by atoms with Crippen LogP contribution in [0.3, 0.4) is 0 Å². The lowest BCUT2D eigenvalue weighted by Gasteiger charge is -2.24. The van der Waals surface area contributed by atoms with E-state index in [0.717, 1.165) is 16.5 Å². The number of nitrogens with one attached hydrogen (secondary N) is 3. The lowest BCUT2D eigenvalue weighted by molar-refractivity contribution is -0.124. The second-order valence-electron chi connectivity index (χ2n) is 7.75. The van der Waals surface area contributed by atoms with Gasteiger partial charge in [0.2, 0.25) is 15.9 Å². The molecule has 1 amide bonds. The van der Waals surface area contributed by atoms with Crippen LogP contribution in [0.15, 0.2) is 59.6 Å². The fourth-order valence-corrected chi connectivity index (χ4v) is 4.83. The Balaban J connectivity index is 1.73. The van der Waals surface area contributed by atoms with Crippen LogP contribution in [0.25, 0.3) is 10.9 Å². The van der Waals surface area contributed by atoms with Gasteiger partial charge in [0.25, 0.3) is 0 Å². The number of aliphatic hydroxyl groups is 1. The molecule has 1 aromatic heterocycles. The molecule has 2 atom stereocenters. The van der Waals surface area contributed by atoms with Crippen LogP contribution in [-0.2, 0) is 21.2 Å². The van der Waals surface area contributed by atoms with Crippen LogP contribution < -0.4 is 10.0 Å². The van der Waals surface area contributed by atoms with Gasteiger partial charge < -0.3 is 15.4 Å². The van der Waals surface area contributed by atoms with Gasteiger partial charge in [-0.1, -0.05) is 43.6 Å². The highest BCUT2D eigenvalue weighted by Gasteiger charge is 2.29. The van der Waals surface area contributed by atoms with E-state index in [0.29, 0.717) is 11.4 Å². The van der Waals surface area contributed by atoms with Crippen LogP contribution in [0, 0.1) is 5.92 Å². The minimum absolute atomic E-state index is 0.0212. The normalized spacial score (nSPS) is 14.0. The summed E-state index contributed by atoms with van der Waals surface area (Å²) in [7, 11) is -3.92. The Morgan fingerprint density at radius 1 is 1.13 bits per heavy atom. The molecule has 3 aromatic rings. The van der Waals surface area contributed by atoms with Crippen LogP contribution in [0.2, 0.25) is 5.02 Å². The predicted molar refractivity (Wildman–Crippen MR) is 121 cm³/mol. The van der Waals surface area contributed by atoms with Crippen molar-refractivity contribution >= 4 is 38.4 Å². The van der Waals surface area contributed by atoms with Crippen molar-refractivity contribution in [2.24, 2.45) is 5.92 Å². The first-order valence-corrected chi connectivity index (χ1v) is 11.8. The number of halogens is 1. The van der Waals surface area contributed by atoms with E-state index in [1.54, 1.807) is 13.8 Å². The molecule has 0 unspecified atom stereocenters. The van der Waals surface area contributed by atoms with Crippen molar-refractivity contribution in [1.82, 2.24) is 15.0 Å². The molecule has 9 heteroatoms. The maximum Gasteiger partial charge on any atom is 0.241 e. The Bertz CT molecular complexity index is 1140. The first kappa shape index (κ1) is 23.3. The Kier molecular flexibility index (Phi) is 7.38. The number of hydrogen-bond acceptors (Lipinski definition) is 4. The first-order valence-electron chi connectivity index (χ1n) is 9.95. The number of carbonyl (C=O) groups is 1. The van der Waals surface area contributed by atoms with E-state index in [1.165, 1.54) is 24.3 Å². The van der Waals surface area contributed by atoms with Crippen molar-refractivity contribution in [1.29, 1.82) is 0 Å². The average Bonchev–Trinajstić information content (AvgIpc) is 3.14. The lowest BCUT2D eigenvalue weighted by atomic mass is 10.0. The zero-order valence-electron chi connectivity index (χ0n) is 17.3. The number of aromatic nitrogens is 1. The summed E-state index contributed by atoms with van der Waals surface area (Å²) in [5.74, 6) is -0.805. The van der Waals surface area contributed by atoms with E-state index < -0.39 is 28.0 Å². The number of carbonyl (C=O) groups excluding carboxylic acids is 1. The molecule has 31 heavy (non-hydrogen) atoms. The van der Waals surface area contributed by atoms with Crippen LogP contribution in [0.1, 0.15) is 19.4 Å². The van der Waals surface area contributed by atoms with Gasteiger partial charge in [0.15, 0.2) is 0 Å². The highest BCUT2D eigenvalue weighted by atomic mass is 35.5. The van der Waals surface area contributed by atoms with E-state index in [-0.39, 0.29) is 17.4 Å². The third-order valence-electron chi connectivity index (χ3n) is 5.06. The molecule has 4 N–H and O–H groups in total. The monoisotopic (exact) mass is 463 g/mol. The molecule has 0 radical (unpaired) electrons. The van der Waals surface area contributed by atoms with Gasteiger partial charge >= 0.3 is 0 Å². The quantitative estimate of drug-likeness (QED) is 0.391. The molecule has 0 spiro atoms. The number of rotatable bonds is 9. The summed E-state index contributed by atoms with van der Waals surface area (Å²) in [5.41, 5.74) is 1.93. The SMILES string of the molecule is CC(C)[C@H](NS(=O)(=O)c1ccc(Cl)cc1)C(=O)N[C@H](CO)Cc1c[nH]c2ccccc12. The molecule has 0 aliphatic rings. The van der Waals surface area contributed by atoms with Crippen LogP contribution in [0.5, 0.6) is 0 Å². The van der Waals surface area contributed by atoms with Crippen molar-refractivity contribution < 1.29 is 18.3 Å². The third-order valence-corrected chi connectivity index (χ3v) is 6.77. The maximum absolute atomic E-state index is 12.9. The number of amides is 1. The standard InChI is InChI=1S/C22H26ClN3O4S/c1-14(2)21(26-31(29,30)18-9-7-16(23)8-10-18)22(28)25-17(13-27)11-15-12-24-20-6-4-3-5-19(15)20/h3-10,12,14,17,21,24,26-27H,11,13H2,1-2H3,(H,25,28)/t17-,21-/m0/s1. The van der Waals surface area contributed by atoms with E-state index in [2.05, 4.69) is 15.0 Å². The predicted octanol–water partition coefficient (Wildman–Crippen LogP) is 2.84. The third kappa shape index (κ3) is 5.65. The highest BCUT2D eigenvalue weighted by molar-refractivity contribution is 7.89. The number of H-pyrrole nitrogens is 1. The van der Waals surface area contributed by atoms with Gasteiger partial charge in [-0.15, -0.1) is 0 Å². The van der Waals surface area contributed by atoms with Gasteiger partial charge in [-0.3, -0.25) is 4.79 Å². The number of fused-ring (bicyclic) bond motifs is 1. The molecule has 0 fully saturated rings. The lowest BCUT2D eigenvalue weighted by Crippen LogP contribution is -2.53. The molecule has 166 valence electrons. The zero-order valence-corrected chi connectivity index (χ0v) is 18.9. The largest absolute Gasteiger partial charge is 0.394 e. The molecule has 7 nitrogen and oxygen atoms in total. The Labute approximate surface area is 186 Å². The molecule has 0 aliphatic heterocycles. The summed E-state index contributed by atoms with van der Waals surface area (Å²) in [4.78, 5) is 16.1. The van der Waals surface area contributed by atoms with E-state index in [4.69, 9.17) is 11.6 Å². The maximum atomic E-state index is 12.9. The van der Waals surface area contributed by atoms with Gasteiger partial charge in [0.1, 0.15) is 6.04 Å². The van der Waals surface area contributed by atoms with E-state index in [1.807, 2.05) is 30.5 Å². The van der Waals surface area contributed by atoms with Gasteiger partial charge in [0, 0.05) is 22.1 Å². The number of para-hydroxylation sites is 1. The van der Waals surface area contributed by atoms with Crippen LogP contribution >= 0.6 is 11.6 Å². The van der Waals surface area contributed by atoms with Crippen LogP contribution in [0.4, 0.5) is 0 Å². The average molecular weight is 464 g/mol. The summed E-state index contributed by atoms with van der Waals surface area (Å²) in [6.07, 6.45) is 2.25. The van der Waals surface area contributed by atoms with Gasteiger partial charge in [0.05, 0.1) is 17.5 Å². The fraction of sp³-hybridized carbons (Fsp3) is 0.318. The second kappa shape index (κ2) is 9.82. The van der Waals surface area contributed by atoms with Crippen molar-refractivity contribution in [2.45, 2.75) is 37.2 Å². The molecule has 0 saturated heterocycles. The minimum Gasteiger partial charge on any atom is -0.394 e. The fourth-order valence-electron chi connectivity index (χ4n) is 3.36. The van der Waals surface area contributed by atoms with Gasteiger partial charge in [-0.05, 0) is 48.2 Å². The minimum atomic E-state index is -3.92. The number of aliphatic hydroxyl groups excluding tert-OH is 1. The molecule has 0 bridgehead atoms. The highest BCUT2D eigenvalue weighted by Crippen LogP contribution is 2.20. The van der Waals surface area contributed by atoms with Gasteiger partial charge in [-0.25, -0.2) is 8.42 Å². The molecule has 0 aliphatic carbocycles. The Morgan fingerprint density at radius 3 is 2.45 bits per heavy atom. The topological polar surface area (TPSA) is 111 Å². The molecule has 1 heterocycles. The van der Waals surface area contributed by atoms with Crippen LogP contribution in [-0.4, -0.2) is 43.1 Å². The number of sulfonamides is 1. The number of benzene rings is 2. The number of aromatic amines is 1. The van der Waals surface area contributed by atoms with Gasteiger partial charge in [-0.2, -0.15) is 4.72 Å². The zero-order chi connectivity index (χ0) is 22.6. The van der Waals surface area contributed by atoms with E-state index >= 15 is 0 Å². The molecular weight excluding hydrogens is 438 g/mol. The summed E-state index contributed by atoms with van der Waals surface area (Å²) in [6.45, 7) is 3.23. The summed E-state index contributed by atoms with van der Waals surface area (Å²) in [5, 5.41) is 14.0. The summed E-state index contributed by atoms with van der Waals surface area (Å²) < 4.78 is 27.9. The van der Waals surface area contributed by atoms with Crippen molar-refractivity contribution in [3.63, 3.8) is 0 Å². The molecular formula is C22H26ClN3O4S. The smallest absolute Gasteiger partial charge is 0.241 e. The Morgan fingerprint density at radius 2 is 1.81 bits per heavy atom. The van der Waals surface area contributed by atoms with Crippen molar-refractivity contribution in [3.8, 4) is 0 Å². The molecule has 0 saturated carbocycles.